The molecule has 1 aliphatic rings. The van der Waals surface area contributed by atoms with Gasteiger partial charge in [-0.25, -0.2) is 0 Å². The summed E-state index contributed by atoms with van der Waals surface area (Å²) in [6.07, 6.45) is -6.23. The smallest absolute Gasteiger partial charge is 0.162 e. The molecule has 1 fully saturated rings. The van der Waals surface area contributed by atoms with Crippen LogP contribution in [0.3, 0.4) is 0 Å². The molecule has 0 spiro atoms. The maximum atomic E-state index is 10.4. The zero-order valence-electron chi connectivity index (χ0n) is 15.2. The van der Waals surface area contributed by atoms with Crippen LogP contribution in [-0.4, -0.2) is 68.3 Å². The van der Waals surface area contributed by atoms with Crippen LogP contribution in [0.25, 0.3) is 0 Å². The minimum Gasteiger partial charge on any atom is -0.394 e. The van der Waals surface area contributed by atoms with E-state index in [0.29, 0.717) is 6.54 Å². The zero-order chi connectivity index (χ0) is 18.8. The minimum atomic E-state index is -1.44. The van der Waals surface area contributed by atoms with Crippen LogP contribution in [0.5, 0.6) is 0 Å². The van der Waals surface area contributed by atoms with Crippen LogP contribution in [0.2, 0.25) is 0 Å². The van der Waals surface area contributed by atoms with Crippen molar-refractivity contribution in [3.05, 3.63) is 35.4 Å². The van der Waals surface area contributed by atoms with Crippen molar-refractivity contribution in [2.24, 2.45) is 0 Å². The molecule has 0 bridgehead atoms. The maximum Gasteiger partial charge on any atom is 0.162 e. The van der Waals surface area contributed by atoms with Crippen LogP contribution in [0.4, 0.5) is 0 Å². The Morgan fingerprint density at radius 1 is 1.04 bits per heavy atom. The molecule has 1 aromatic rings. The summed E-state index contributed by atoms with van der Waals surface area (Å²) in [5, 5.41) is 41.2. The van der Waals surface area contributed by atoms with Gasteiger partial charge in [0.05, 0.1) is 18.8 Å². The number of aliphatic hydroxyl groups excluding tert-OH is 4. The highest BCUT2D eigenvalue weighted by molar-refractivity contribution is 5.21. The summed E-state index contributed by atoms with van der Waals surface area (Å²) >= 11 is 0. The van der Waals surface area contributed by atoms with Crippen molar-refractivity contribution in [3.8, 4) is 0 Å². The molecule has 1 heterocycles. The summed E-state index contributed by atoms with van der Waals surface area (Å²) in [5.41, 5.74) is 1.50. The monoisotopic (exact) mass is 355 g/mol. The van der Waals surface area contributed by atoms with Crippen molar-refractivity contribution in [2.75, 3.05) is 6.61 Å². The van der Waals surface area contributed by atoms with Crippen LogP contribution in [0.15, 0.2) is 24.3 Å². The maximum absolute atomic E-state index is 10.4. The number of aryl methyl sites for hydroxylation is 1. The lowest BCUT2D eigenvalue weighted by Crippen LogP contribution is -2.63. The van der Waals surface area contributed by atoms with E-state index in [1.165, 1.54) is 5.06 Å². The Balaban J connectivity index is 2.25. The molecule has 1 saturated heterocycles. The van der Waals surface area contributed by atoms with E-state index in [1.807, 2.05) is 52.0 Å². The van der Waals surface area contributed by atoms with Gasteiger partial charge in [0.25, 0.3) is 0 Å². The summed E-state index contributed by atoms with van der Waals surface area (Å²) in [6.45, 7) is 7.40. The van der Waals surface area contributed by atoms with Crippen molar-refractivity contribution >= 4 is 0 Å². The lowest BCUT2D eigenvalue weighted by molar-refractivity contribution is -0.361. The van der Waals surface area contributed by atoms with Crippen molar-refractivity contribution in [2.45, 2.75) is 70.5 Å². The average Bonchev–Trinajstić information content (AvgIpc) is 2.53. The van der Waals surface area contributed by atoms with Gasteiger partial charge < -0.3 is 25.2 Å². The fourth-order valence-corrected chi connectivity index (χ4v) is 2.72. The van der Waals surface area contributed by atoms with Crippen LogP contribution in [0, 0.1) is 6.92 Å². The van der Waals surface area contributed by atoms with E-state index in [9.17, 15) is 20.4 Å². The van der Waals surface area contributed by atoms with Gasteiger partial charge in [0.15, 0.2) is 6.23 Å². The standard InChI is InChI=1S/C18H29NO6/c1-11-5-7-12(8-6-11)9-19(25-18(2,3)4)17-16(23)15(22)14(21)13(10-20)24-17/h5-8,13-17,20-23H,9-10H2,1-4H3/t13-,14-,15+,16-,17?/m1/s1. The minimum absolute atomic E-state index is 0.306. The number of hydroxylamine groups is 2. The third-order valence-electron chi connectivity index (χ3n) is 4.00. The molecule has 1 unspecified atom stereocenters. The van der Waals surface area contributed by atoms with Gasteiger partial charge in [-0.2, -0.15) is 5.06 Å². The number of rotatable bonds is 5. The molecule has 142 valence electrons. The van der Waals surface area contributed by atoms with Crippen LogP contribution in [-0.2, 0) is 16.1 Å². The van der Waals surface area contributed by atoms with Gasteiger partial charge in [-0.3, -0.25) is 4.84 Å². The molecule has 0 aromatic heterocycles. The molecule has 0 aliphatic carbocycles. The molecule has 0 saturated carbocycles. The van der Waals surface area contributed by atoms with Crippen molar-refractivity contribution in [3.63, 3.8) is 0 Å². The molecule has 7 heteroatoms. The number of benzene rings is 1. The topological polar surface area (TPSA) is 103 Å². The first-order valence-electron chi connectivity index (χ1n) is 8.44. The molecule has 1 aliphatic heterocycles. The molecule has 4 N–H and O–H groups in total. The predicted octanol–water partition coefficient (Wildman–Crippen LogP) is 0.327. The fourth-order valence-electron chi connectivity index (χ4n) is 2.72. The van der Waals surface area contributed by atoms with Crippen LogP contribution in [0.1, 0.15) is 31.9 Å². The predicted molar refractivity (Wildman–Crippen MR) is 91.3 cm³/mol. The lowest BCUT2D eigenvalue weighted by atomic mass is 9.98. The van der Waals surface area contributed by atoms with Gasteiger partial charge in [-0.05, 0) is 33.3 Å². The largest absolute Gasteiger partial charge is 0.394 e. The van der Waals surface area contributed by atoms with Gasteiger partial charge in [-0.15, -0.1) is 0 Å². The Morgan fingerprint density at radius 3 is 2.16 bits per heavy atom. The van der Waals surface area contributed by atoms with Crippen molar-refractivity contribution < 1.29 is 30.0 Å². The fraction of sp³-hybridized carbons (Fsp3) is 0.667. The van der Waals surface area contributed by atoms with E-state index in [2.05, 4.69) is 0 Å². The first kappa shape index (κ1) is 20.3. The van der Waals surface area contributed by atoms with E-state index in [0.717, 1.165) is 11.1 Å². The zero-order valence-corrected chi connectivity index (χ0v) is 15.2. The second kappa shape index (κ2) is 8.09. The molecular formula is C18H29NO6. The second-order valence-corrected chi connectivity index (χ2v) is 7.48. The summed E-state index contributed by atoms with van der Waals surface area (Å²) in [4.78, 5) is 5.93. The number of ether oxygens (including phenoxy) is 1. The van der Waals surface area contributed by atoms with Gasteiger partial charge in [0, 0.05) is 0 Å². The van der Waals surface area contributed by atoms with E-state index < -0.39 is 42.9 Å². The van der Waals surface area contributed by atoms with Gasteiger partial charge in [0.2, 0.25) is 0 Å². The molecular weight excluding hydrogens is 326 g/mol. The summed E-state index contributed by atoms with van der Waals surface area (Å²) < 4.78 is 5.63. The summed E-state index contributed by atoms with van der Waals surface area (Å²) in [6, 6.07) is 7.83. The molecule has 7 nitrogen and oxygen atoms in total. The number of nitrogens with zero attached hydrogens (tertiary/aromatic N) is 1. The molecule has 0 amide bonds. The van der Waals surface area contributed by atoms with Gasteiger partial charge >= 0.3 is 0 Å². The molecule has 25 heavy (non-hydrogen) atoms. The molecule has 0 radical (unpaired) electrons. The van der Waals surface area contributed by atoms with E-state index >= 15 is 0 Å². The quantitative estimate of drug-likeness (QED) is 0.564. The average molecular weight is 355 g/mol. The first-order chi connectivity index (χ1) is 11.6. The highest BCUT2D eigenvalue weighted by Crippen LogP contribution is 2.27. The number of hydrogen-bond acceptors (Lipinski definition) is 7. The van der Waals surface area contributed by atoms with Crippen molar-refractivity contribution in [1.29, 1.82) is 0 Å². The Bertz CT molecular complexity index is 541. The van der Waals surface area contributed by atoms with Crippen LogP contribution < -0.4 is 0 Å². The third kappa shape index (κ3) is 5.21. The van der Waals surface area contributed by atoms with Crippen LogP contribution >= 0.6 is 0 Å². The first-order valence-corrected chi connectivity index (χ1v) is 8.44. The third-order valence-corrected chi connectivity index (χ3v) is 4.00. The Hall–Kier alpha value is -1.06. The Labute approximate surface area is 148 Å². The second-order valence-electron chi connectivity index (χ2n) is 7.48. The summed E-state index contributed by atoms with van der Waals surface area (Å²) in [5.74, 6) is 0. The van der Waals surface area contributed by atoms with Gasteiger partial charge in [0.1, 0.15) is 24.4 Å². The highest BCUT2D eigenvalue weighted by Gasteiger charge is 2.46. The Morgan fingerprint density at radius 2 is 1.64 bits per heavy atom. The van der Waals surface area contributed by atoms with Crippen molar-refractivity contribution in [1.82, 2.24) is 5.06 Å². The van der Waals surface area contributed by atoms with Gasteiger partial charge in [-0.1, -0.05) is 29.8 Å². The SMILES string of the molecule is Cc1ccc(CN(OC(C)(C)C)C2O[C@H](CO)[C@@H](O)[C@H](O)[C@H]2O)cc1. The van der Waals surface area contributed by atoms with E-state index in [4.69, 9.17) is 9.57 Å². The normalized spacial score (nSPS) is 30.7. The molecule has 5 atom stereocenters. The number of hydrogen-bond donors (Lipinski definition) is 4. The number of aliphatic hydroxyl groups is 4. The van der Waals surface area contributed by atoms with E-state index in [-0.39, 0.29) is 0 Å². The highest BCUT2D eigenvalue weighted by atomic mass is 16.7. The Kier molecular flexibility index (Phi) is 6.56. The van der Waals surface area contributed by atoms with E-state index in [1.54, 1.807) is 0 Å². The lowest BCUT2D eigenvalue weighted by Gasteiger charge is -2.45. The molecule has 1 aromatic carbocycles. The summed E-state index contributed by atoms with van der Waals surface area (Å²) in [7, 11) is 0. The molecule has 2 rings (SSSR count).